The second kappa shape index (κ2) is 7.10. The summed E-state index contributed by atoms with van der Waals surface area (Å²) < 4.78 is 4.66. The second-order valence-electron chi connectivity index (χ2n) is 6.48. The van der Waals surface area contributed by atoms with Crippen LogP contribution in [0.15, 0.2) is 40.0 Å². The van der Waals surface area contributed by atoms with Gasteiger partial charge in [-0.05, 0) is 31.9 Å². The number of likely N-dealkylation sites (tertiary alicyclic amines) is 1. The molecule has 0 spiro atoms. The van der Waals surface area contributed by atoms with E-state index in [4.69, 9.17) is 0 Å². The Morgan fingerprint density at radius 1 is 1.41 bits per heavy atom. The van der Waals surface area contributed by atoms with E-state index < -0.39 is 0 Å². The normalized spacial score (nSPS) is 16.6. The van der Waals surface area contributed by atoms with Crippen molar-refractivity contribution >= 4 is 5.91 Å². The number of rotatable bonds is 4. The Kier molecular flexibility index (Phi) is 4.49. The standard InChI is InChI=1S/C18H18N6O3/c1-11-13(23-27-22-11)9-17(26)24-7-3-5-15(24)18-20-14(8-16(25)21-18)12-4-2-6-19-10-12/h2,4,6,8,10,15H,3,5,7,9H2,1H3,(H,20,21,25)/t15-/m1/s1. The minimum absolute atomic E-state index is 0.0919. The highest BCUT2D eigenvalue weighted by molar-refractivity contribution is 5.79. The van der Waals surface area contributed by atoms with Crippen LogP contribution in [-0.2, 0) is 11.2 Å². The van der Waals surface area contributed by atoms with Crippen molar-refractivity contribution in [3.05, 3.63) is 58.2 Å². The first-order valence-corrected chi connectivity index (χ1v) is 8.71. The first-order chi connectivity index (χ1) is 13.1. The van der Waals surface area contributed by atoms with Crippen LogP contribution < -0.4 is 5.56 Å². The van der Waals surface area contributed by atoms with Crippen molar-refractivity contribution < 1.29 is 9.42 Å². The lowest BCUT2D eigenvalue weighted by Crippen LogP contribution is -2.33. The summed E-state index contributed by atoms with van der Waals surface area (Å²) in [5.41, 5.74) is 2.16. The molecule has 1 aliphatic rings. The number of hydrogen-bond donors (Lipinski definition) is 1. The van der Waals surface area contributed by atoms with Gasteiger partial charge in [0.2, 0.25) is 5.91 Å². The molecule has 4 rings (SSSR count). The molecule has 3 aromatic rings. The average Bonchev–Trinajstić information content (AvgIpc) is 3.31. The number of hydrogen-bond acceptors (Lipinski definition) is 7. The molecule has 1 amide bonds. The van der Waals surface area contributed by atoms with Gasteiger partial charge in [0.1, 0.15) is 17.2 Å². The van der Waals surface area contributed by atoms with Crippen molar-refractivity contribution in [3.8, 4) is 11.3 Å². The van der Waals surface area contributed by atoms with E-state index in [1.54, 1.807) is 30.3 Å². The van der Waals surface area contributed by atoms with E-state index in [2.05, 4.69) is 29.9 Å². The molecule has 1 atom stereocenters. The highest BCUT2D eigenvalue weighted by Gasteiger charge is 2.32. The Labute approximate surface area is 154 Å². The Morgan fingerprint density at radius 2 is 2.30 bits per heavy atom. The zero-order valence-corrected chi connectivity index (χ0v) is 14.8. The van der Waals surface area contributed by atoms with Crippen LogP contribution in [0.5, 0.6) is 0 Å². The molecular weight excluding hydrogens is 348 g/mol. The zero-order chi connectivity index (χ0) is 18.8. The Bertz CT molecular complexity index is 1010. The summed E-state index contributed by atoms with van der Waals surface area (Å²) in [6, 6.07) is 4.79. The Hall–Kier alpha value is -3.36. The van der Waals surface area contributed by atoms with Crippen molar-refractivity contribution in [1.29, 1.82) is 0 Å². The number of aryl methyl sites for hydroxylation is 1. The smallest absolute Gasteiger partial charge is 0.251 e. The molecule has 138 valence electrons. The van der Waals surface area contributed by atoms with Crippen LogP contribution in [0.25, 0.3) is 11.3 Å². The van der Waals surface area contributed by atoms with Gasteiger partial charge >= 0.3 is 0 Å². The van der Waals surface area contributed by atoms with E-state index in [9.17, 15) is 9.59 Å². The van der Waals surface area contributed by atoms with Crippen molar-refractivity contribution in [1.82, 2.24) is 30.2 Å². The van der Waals surface area contributed by atoms with E-state index in [-0.39, 0.29) is 23.9 Å². The topological polar surface area (TPSA) is 118 Å². The number of aromatic nitrogens is 5. The first kappa shape index (κ1) is 17.1. The summed E-state index contributed by atoms with van der Waals surface area (Å²) in [5.74, 6) is 0.396. The lowest BCUT2D eigenvalue weighted by Gasteiger charge is -2.24. The lowest BCUT2D eigenvalue weighted by molar-refractivity contribution is -0.131. The highest BCUT2D eigenvalue weighted by atomic mass is 16.6. The fourth-order valence-electron chi connectivity index (χ4n) is 3.30. The first-order valence-electron chi connectivity index (χ1n) is 8.71. The molecule has 0 radical (unpaired) electrons. The number of amides is 1. The molecule has 0 bridgehead atoms. The largest absolute Gasteiger partial charge is 0.332 e. The van der Waals surface area contributed by atoms with E-state index in [0.29, 0.717) is 29.5 Å². The molecule has 4 heterocycles. The van der Waals surface area contributed by atoms with Gasteiger partial charge in [-0.25, -0.2) is 9.61 Å². The molecular formula is C18H18N6O3. The second-order valence-corrected chi connectivity index (χ2v) is 6.48. The Morgan fingerprint density at radius 3 is 3.04 bits per heavy atom. The van der Waals surface area contributed by atoms with Crippen LogP contribution in [0.3, 0.4) is 0 Å². The van der Waals surface area contributed by atoms with Gasteiger partial charge in [0.05, 0.1) is 18.2 Å². The summed E-state index contributed by atoms with van der Waals surface area (Å²) in [6.07, 6.45) is 5.01. The summed E-state index contributed by atoms with van der Waals surface area (Å²) in [4.78, 5) is 38.1. The van der Waals surface area contributed by atoms with E-state index in [1.807, 2.05) is 6.07 Å². The summed E-state index contributed by atoms with van der Waals surface area (Å²) in [5, 5.41) is 7.49. The van der Waals surface area contributed by atoms with Gasteiger partial charge in [-0.1, -0.05) is 10.3 Å². The molecule has 1 N–H and O–H groups in total. The van der Waals surface area contributed by atoms with Crippen molar-refractivity contribution in [2.24, 2.45) is 0 Å². The van der Waals surface area contributed by atoms with Crippen LogP contribution in [0.1, 0.15) is 36.1 Å². The third kappa shape index (κ3) is 3.48. The quantitative estimate of drug-likeness (QED) is 0.742. The third-order valence-electron chi connectivity index (χ3n) is 4.67. The molecule has 9 heteroatoms. The average molecular weight is 366 g/mol. The van der Waals surface area contributed by atoms with Gasteiger partial charge in [-0.15, -0.1) is 0 Å². The monoisotopic (exact) mass is 366 g/mol. The minimum Gasteiger partial charge on any atom is -0.332 e. The fraction of sp³-hybridized carbons (Fsp3) is 0.333. The third-order valence-corrected chi connectivity index (χ3v) is 4.67. The zero-order valence-electron chi connectivity index (χ0n) is 14.8. The molecule has 9 nitrogen and oxygen atoms in total. The van der Waals surface area contributed by atoms with Gasteiger partial charge in [0, 0.05) is 30.6 Å². The summed E-state index contributed by atoms with van der Waals surface area (Å²) >= 11 is 0. The highest BCUT2D eigenvalue weighted by Crippen LogP contribution is 2.30. The molecule has 3 aromatic heterocycles. The van der Waals surface area contributed by atoms with Gasteiger partial charge in [-0.3, -0.25) is 14.6 Å². The maximum absolute atomic E-state index is 12.8. The predicted octanol–water partition coefficient (Wildman–Crippen LogP) is 1.43. The van der Waals surface area contributed by atoms with Crippen LogP contribution >= 0.6 is 0 Å². The van der Waals surface area contributed by atoms with Crippen molar-refractivity contribution in [2.45, 2.75) is 32.2 Å². The molecule has 27 heavy (non-hydrogen) atoms. The number of pyridine rings is 1. The van der Waals surface area contributed by atoms with E-state index >= 15 is 0 Å². The number of nitrogens with zero attached hydrogens (tertiary/aromatic N) is 5. The van der Waals surface area contributed by atoms with Gasteiger partial charge in [0.25, 0.3) is 5.56 Å². The predicted molar refractivity (Wildman–Crippen MR) is 94.5 cm³/mol. The van der Waals surface area contributed by atoms with E-state index in [1.165, 1.54) is 6.07 Å². The number of aromatic amines is 1. The van der Waals surface area contributed by atoms with Crippen LogP contribution in [0.4, 0.5) is 0 Å². The number of carbonyl (C=O) groups is 1. The molecule has 0 aliphatic carbocycles. The maximum atomic E-state index is 12.8. The van der Waals surface area contributed by atoms with Gasteiger partial charge in [-0.2, -0.15) is 0 Å². The molecule has 0 saturated carbocycles. The van der Waals surface area contributed by atoms with Crippen LogP contribution in [-0.4, -0.2) is 42.6 Å². The summed E-state index contributed by atoms with van der Waals surface area (Å²) in [6.45, 7) is 2.35. The number of H-pyrrole nitrogens is 1. The fourth-order valence-corrected chi connectivity index (χ4v) is 3.30. The van der Waals surface area contributed by atoms with Gasteiger partial charge in [0.15, 0.2) is 0 Å². The molecule has 1 aliphatic heterocycles. The van der Waals surface area contributed by atoms with Crippen molar-refractivity contribution in [3.63, 3.8) is 0 Å². The molecule has 1 saturated heterocycles. The van der Waals surface area contributed by atoms with Crippen LogP contribution in [0, 0.1) is 6.92 Å². The molecule has 1 fully saturated rings. The van der Waals surface area contributed by atoms with Crippen molar-refractivity contribution in [2.75, 3.05) is 6.54 Å². The summed E-state index contributed by atoms with van der Waals surface area (Å²) in [7, 11) is 0. The minimum atomic E-state index is -0.276. The molecule has 0 unspecified atom stereocenters. The lowest BCUT2D eigenvalue weighted by atomic mass is 10.1. The SMILES string of the molecule is Cc1nonc1CC(=O)N1CCC[C@@H]1c1nc(-c2cccnc2)cc(=O)[nH]1. The van der Waals surface area contributed by atoms with Crippen LogP contribution in [0.2, 0.25) is 0 Å². The van der Waals surface area contributed by atoms with E-state index in [0.717, 1.165) is 18.4 Å². The maximum Gasteiger partial charge on any atom is 0.251 e. The number of nitrogens with one attached hydrogen (secondary N) is 1. The van der Waals surface area contributed by atoms with Gasteiger partial charge < -0.3 is 9.88 Å². The molecule has 0 aromatic carbocycles. The Balaban J connectivity index is 1.62. The number of carbonyl (C=O) groups excluding carboxylic acids is 1.